The Bertz CT molecular complexity index is 1260. The molecule has 7 atom stereocenters. The highest BCUT2D eigenvalue weighted by Crippen LogP contribution is 2.75. The van der Waals surface area contributed by atoms with Gasteiger partial charge in [0.25, 0.3) is 0 Å². The molecule has 0 spiro atoms. The van der Waals surface area contributed by atoms with Crippen LogP contribution in [0.25, 0.3) is 0 Å². The number of ketones is 1. The molecular formula is C32H41NO4. The summed E-state index contributed by atoms with van der Waals surface area (Å²) in [6.07, 6.45) is 14.0. The predicted molar refractivity (Wildman–Crippen MR) is 142 cm³/mol. The number of carbonyl (C=O) groups is 2. The van der Waals surface area contributed by atoms with Crippen LogP contribution in [-0.2, 0) is 14.3 Å². The monoisotopic (exact) mass is 503 g/mol. The van der Waals surface area contributed by atoms with E-state index < -0.39 is 17.0 Å². The van der Waals surface area contributed by atoms with Crippen LogP contribution >= 0.6 is 0 Å². The highest BCUT2D eigenvalue weighted by Gasteiger charge is 2.67. The average molecular weight is 504 g/mol. The number of methoxy groups -OCH3 is 1. The van der Waals surface area contributed by atoms with Crippen LogP contribution < -0.4 is 0 Å². The molecule has 5 aliphatic rings. The minimum Gasteiger partial charge on any atom is -0.481 e. The zero-order valence-electron chi connectivity index (χ0n) is 23.5. The first-order valence-electron chi connectivity index (χ1n) is 13.7. The van der Waals surface area contributed by atoms with Gasteiger partial charge in [0, 0.05) is 24.2 Å². The van der Waals surface area contributed by atoms with Gasteiger partial charge in [0.15, 0.2) is 5.78 Å². The third-order valence-electron chi connectivity index (χ3n) is 12.3. The molecule has 5 heteroatoms. The smallest absolute Gasteiger partial charge is 0.309 e. The third kappa shape index (κ3) is 3.11. The van der Waals surface area contributed by atoms with Gasteiger partial charge in [-0.2, -0.15) is 5.26 Å². The second-order valence-electron chi connectivity index (χ2n) is 13.9. The van der Waals surface area contributed by atoms with Crippen molar-refractivity contribution in [1.29, 1.82) is 5.26 Å². The molecule has 198 valence electrons. The molecule has 0 radical (unpaired) electrons. The first-order chi connectivity index (χ1) is 17.2. The predicted octanol–water partition coefficient (Wildman–Crippen LogP) is 6.72. The Morgan fingerprint density at radius 1 is 1.03 bits per heavy atom. The lowest BCUT2D eigenvalue weighted by Crippen LogP contribution is -2.62. The van der Waals surface area contributed by atoms with Gasteiger partial charge in [-0.1, -0.05) is 45.4 Å². The molecule has 0 aromatic rings. The van der Waals surface area contributed by atoms with E-state index in [0.717, 1.165) is 56.1 Å². The van der Waals surface area contributed by atoms with E-state index >= 15 is 0 Å². The van der Waals surface area contributed by atoms with E-state index in [4.69, 9.17) is 4.74 Å². The molecule has 3 saturated carbocycles. The normalized spacial score (nSPS) is 47.8. The third-order valence-corrected chi connectivity index (χ3v) is 12.3. The molecule has 5 aliphatic carbocycles. The number of carboxylic acids is 1. The number of hydrogen-bond donors (Lipinski definition) is 1. The first-order valence-corrected chi connectivity index (χ1v) is 13.7. The van der Waals surface area contributed by atoms with Crippen LogP contribution in [0.15, 0.2) is 46.6 Å². The Kier molecular flexibility index (Phi) is 5.51. The number of aliphatic carboxylic acids is 1. The van der Waals surface area contributed by atoms with E-state index in [1.165, 1.54) is 11.6 Å². The highest BCUT2D eigenvalue weighted by molar-refractivity contribution is 6.09. The number of nitrogens with zero attached hydrogens (tertiary/aromatic N) is 1. The summed E-state index contributed by atoms with van der Waals surface area (Å²) in [4.78, 5) is 25.7. The molecule has 0 bridgehead atoms. The summed E-state index contributed by atoms with van der Waals surface area (Å²) in [6.45, 7) is 13.4. The quantitative estimate of drug-likeness (QED) is 0.334. The average Bonchev–Trinajstić information content (AvgIpc) is 2.85. The van der Waals surface area contributed by atoms with Gasteiger partial charge < -0.3 is 9.84 Å². The second kappa shape index (κ2) is 7.79. The van der Waals surface area contributed by atoms with Crippen LogP contribution in [0, 0.1) is 44.3 Å². The maximum Gasteiger partial charge on any atom is 0.309 e. The Morgan fingerprint density at radius 3 is 2.32 bits per heavy atom. The number of hydrogen-bond acceptors (Lipinski definition) is 4. The Hall–Kier alpha value is -2.45. The summed E-state index contributed by atoms with van der Waals surface area (Å²) < 4.78 is 5.96. The molecule has 0 aromatic heterocycles. The molecule has 0 unspecified atom stereocenters. The van der Waals surface area contributed by atoms with Crippen molar-refractivity contribution in [3.8, 4) is 6.07 Å². The molecule has 0 aromatic carbocycles. The molecule has 5 rings (SSSR count). The van der Waals surface area contributed by atoms with E-state index in [0.29, 0.717) is 11.5 Å². The van der Waals surface area contributed by atoms with Gasteiger partial charge in [0.2, 0.25) is 0 Å². The van der Waals surface area contributed by atoms with E-state index in [1.54, 1.807) is 13.2 Å². The number of fused-ring (bicyclic) bond motifs is 7. The van der Waals surface area contributed by atoms with Crippen molar-refractivity contribution in [2.24, 2.45) is 33.0 Å². The molecule has 0 heterocycles. The number of carbonyl (C=O) groups excluding carboxylic acids is 1. The molecule has 37 heavy (non-hydrogen) atoms. The molecule has 0 aliphatic heterocycles. The van der Waals surface area contributed by atoms with E-state index in [1.807, 2.05) is 19.9 Å². The van der Waals surface area contributed by atoms with E-state index in [-0.39, 0.29) is 27.4 Å². The molecule has 0 saturated heterocycles. The van der Waals surface area contributed by atoms with Gasteiger partial charge in [0.1, 0.15) is 5.60 Å². The Balaban J connectivity index is 1.66. The lowest BCUT2D eigenvalue weighted by atomic mass is 9.34. The fraction of sp³-hybridized carbons (Fsp3) is 0.656. The number of rotatable bonds is 2. The SMILES string of the molecule is CO[C@@]1(C)C2=CC=C3[C@@](C)(CC[C@@]4(C)[C@@H]5C[C@](C)(C(=O)O)CC[C@]5(C)CC[C@]34C)C2=CC(=O)/C1=C/C#N. The first kappa shape index (κ1) is 26.2. The molecule has 3 fully saturated rings. The molecular weight excluding hydrogens is 462 g/mol. The second-order valence-corrected chi connectivity index (χ2v) is 13.9. The minimum atomic E-state index is -0.971. The standard InChI is InChI=1S/C32H41NO4/c1-27-11-12-28(2,26(35)36)19-25(27)31(5)16-14-29(3)22-18-23(34)21(10-17-33)32(6,37-7)20(22)8-9-24(29)30(31,4)15-13-27/h8-10,18,25H,11-16,19H2,1-7H3,(H,35,36)/b21-10-/t25-,27-,28-,29+,30-,31+,32+/m1/s1. The molecule has 1 N–H and O–H groups in total. The zero-order chi connectivity index (χ0) is 27.2. The van der Waals surface area contributed by atoms with Crippen LogP contribution in [0.1, 0.15) is 86.5 Å². The molecule has 5 nitrogen and oxygen atoms in total. The zero-order valence-corrected chi connectivity index (χ0v) is 23.5. The Morgan fingerprint density at radius 2 is 1.70 bits per heavy atom. The van der Waals surface area contributed by atoms with Gasteiger partial charge in [-0.25, -0.2) is 0 Å². The summed E-state index contributed by atoms with van der Waals surface area (Å²) in [5, 5.41) is 19.5. The summed E-state index contributed by atoms with van der Waals surface area (Å²) >= 11 is 0. The number of ether oxygens (including phenoxy) is 1. The van der Waals surface area contributed by atoms with Crippen molar-refractivity contribution >= 4 is 11.8 Å². The summed E-state index contributed by atoms with van der Waals surface area (Å²) in [7, 11) is 1.60. The lowest BCUT2D eigenvalue weighted by Gasteiger charge is -2.70. The number of carboxylic acid groups (broad SMARTS) is 1. The largest absolute Gasteiger partial charge is 0.481 e. The summed E-state index contributed by atoms with van der Waals surface area (Å²) in [6, 6.07) is 2.03. The topological polar surface area (TPSA) is 87.4 Å². The van der Waals surface area contributed by atoms with E-state index in [9.17, 15) is 20.0 Å². The van der Waals surface area contributed by atoms with Crippen molar-refractivity contribution in [2.45, 2.75) is 92.1 Å². The number of allylic oxidation sites excluding steroid dienone is 5. The minimum absolute atomic E-state index is 0.0382. The van der Waals surface area contributed by atoms with Gasteiger partial charge in [0.05, 0.1) is 11.5 Å². The summed E-state index contributed by atoms with van der Waals surface area (Å²) in [5.41, 5.74) is 1.77. The van der Waals surface area contributed by atoms with Crippen LogP contribution in [0.3, 0.4) is 0 Å². The maximum atomic E-state index is 13.3. The molecule has 0 amide bonds. The van der Waals surface area contributed by atoms with Crippen molar-refractivity contribution in [3.63, 3.8) is 0 Å². The van der Waals surface area contributed by atoms with Gasteiger partial charge in [-0.15, -0.1) is 0 Å². The van der Waals surface area contributed by atoms with Crippen molar-refractivity contribution in [1.82, 2.24) is 0 Å². The van der Waals surface area contributed by atoms with Crippen LogP contribution in [0.5, 0.6) is 0 Å². The van der Waals surface area contributed by atoms with E-state index in [2.05, 4.69) is 39.8 Å². The fourth-order valence-electron chi connectivity index (χ4n) is 9.31. The Labute approximate surface area is 221 Å². The number of nitriles is 1. The van der Waals surface area contributed by atoms with Gasteiger partial charge >= 0.3 is 5.97 Å². The maximum absolute atomic E-state index is 13.3. The van der Waals surface area contributed by atoms with Crippen LogP contribution in [0.2, 0.25) is 0 Å². The van der Waals surface area contributed by atoms with Gasteiger partial charge in [-0.3, -0.25) is 9.59 Å². The van der Waals surface area contributed by atoms with Gasteiger partial charge in [-0.05, 0) is 98.2 Å². The van der Waals surface area contributed by atoms with Crippen LogP contribution in [-0.4, -0.2) is 29.6 Å². The summed E-state index contributed by atoms with van der Waals surface area (Å²) in [5.74, 6) is -0.498. The lowest BCUT2D eigenvalue weighted by molar-refractivity contribution is -0.178. The van der Waals surface area contributed by atoms with Crippen LogP contribution in [0.4, 0.5) is 0 Å². The van der Waals surface area contributed by atoms with Crippen molar-refractivity contribution < 1.29 is 19.4 Å². The van der Waals surface area contributed by atoms with Crippen molar-refractivity contribution in [2.75, 3.05) is 7.11 Å². The fourth-order valence-corrected chi connectivity index (χ4v) is 9.31. The van der Waals surface area contributed by atoms with Crippen molar-refractivity contribution in [3.05, 3.63) is 46.6 Å². The highest BCUT2D eigenvalue weighted by atomic mass is 16.5.